The van der Waals surface area contributed by atoms with Gasteiger partial charge in [0.25, 0.3) is 0 Å². The van der Waals surface area contributed by atoms with Gasteiger partial charge in [-0.2, -0.15) is 0 Å². The van der Waals surface area contributed by atoms with Gasteiger partial charge in [-0.05, 0) is 49.4 Å². The van der Waals surface area contributed by atoms with E-state index in [1.54, 1.807) is 0 Å². The molecule has 0 aromatic carbocycles. The second-order valence-electron chi connectivity index (χ2n) is 4.74. The molecule has 4 atom stereocenters. The molecular weight excluding hydrogens is 148 g/mol. The Labute approximate surface area is 73.5 Å². The summed E-state index contributed by atoms with van der Waals surface area (Å²) < 4.78 is 0. The zero-order chi connectivity index (χ0) is 8.18. The quantitative estimate of drug-likeness (QED) is 0.544. The molecule has 0 aromatic rings. The van der Waals surface area contributed by atoms with Crippen LogP contribution in [0.3, 0.4) is 0 Å². The first-order valence-electron chi connectivity index (χ1n) is 5.19. The average molecular weight is 164 g/mol. The fourth-order valence-corrected chi connectivity index (χ4v) is 3.89. The molecule has 1 nitrogen and oxygen atoms in total. The normalized spacial score (nSPS) is 55.9. The van der Waals surface area contributed by atoms with Crippen LogP contribution in [0.15, 0.2) is 12.2 Å². The van der Waals surface area contributed by atoms with E-state index in [2.05, 4.69) is 12.2 Å². The van der Waals surface area contributed by atoms with Crippen molar-refractivity contribution in [3.8, 4) is 0 Å². The van der Waals surface area contributed by atoms with E-state index in [-0.39, 0.29) is 6.10 Å². The molecule has 0 bridgehead atoms. The summed E-state index contributed by atoms with van der Waals surface area (Å²) in [5.41, 5.74) is 0.458. The fourth-order valence-electron chi connectivity index (χ4n) is 3.89. The van der Waals surface area contributed by atoms with Crippen molar-refractivity contribution in [2.24, 2.45) is 17.3 Å². The zero-order valence-electron chi connectivity index (χ0n) is 7.37. The van der Waals surface area contributed by atoms with Crippen molar-refractivity contribution in [3.63, 3.8) is 0 Å². The van der Waals surface area contributed by atoms with Crippen molar-refractivity contribution in [2.75, 3.05) is 0 Å². The van der Waals surface area contributed by atoms with Crippen LogP contribution in [0, 0.1) is 17.3 Å². The Hall–Kier alpha value is -0.300. The minimum absolute atomic E-state index is 0.0118. The highest BCUT2D eigenvalue weighted by molar-refractivity contribution is 5.20. The standard InChI is InChI=1S/C11H16O/c12-10-5-7-11-6-1-2-8(11)3-4-9(10)11/h1,6,8-10,12H,2-5,7H2/t8-,9-,10-,11-/m1/s1. The van der Waals surface area contributed by atoms with Crippen LogP contribution < -0.4 is 0 Å². The highest BCUT2D eigenvalue weighted by atomic mass is 16.3. The van der Waals surface area contributed by atoms with Crippen LogP contribution in [0.2, 0.25) is 0 Å². The van der Waals surface area contributed by atoms with Crippen molar-refractivity contribution in [2.45, 2.75) is 38.2 Å². The van der Waals surface area contributed by atoms with Gasteiger partial charge in [0.1, 0.15) is 0 Å². The number of aliphatic hydroxyl groups is 1. The molecule has 0 heterocycles. The Morgan fingerprint density at radius 2 is 2.17 bits per heavy atom. The van der Waals surface area contributed by atoms with E-state index in [4.69, 9.17) is 0 Å². The van der Waals surface area contributed by atoms with Gasteiger partial charge in [-0.15, -0.1) is 0 Å². The molecule has 3 rings (SSSR count). The first kappa shape index (κ1) is 7.14. The lowest BCUT2D eigenvalue weighted by molar-refractivity contribution is 0.107. The molecule has 3 aliphatic carbocycles. The van der Waals surface area contributed by atoms with Gasteiger partial charge >= 0.3 is 0 Å². The van der Waals surface area contributed by atoms with Crippen LogP contribution in [0.4, 0.5) is 0 Å². The summed E-state index contributed by atoms with van der Waals surface area (Å²) in [6, 6.07) is 0. The van der Waals surface area contributed by atoms with Gasteiger partial charge in [0, 0.05) is 0 Å². The second kappa shape index (κ2) is 2.14. The lowest BCUT2D eigenvalue weighted by Crippen LogP contribution is -2.25. The third-order valence-electron chi connectivity index (χ3n) is 4.46. The number of aliphatic hydroxyl groups excluding tert-OH is 1. The molecule has 66 valence electrons. The van der Waals surface area contributed by atoms with Crippen LogP contribution in [-0.2, 0) is 0 Å². The van der Waals surface area contributed by atoms with Gasteiger partial charge in [0.15, 0.2) is 0 Å². The third kappa shape index (κ3) is 0.646. The van der Waals surface area contributed by atoms with Crippen molar-refractivity contribution in [1.29, 1.82) is 0 Å². The molecule has 12 heavy (non-hydrogen) atoms. The van der Waals surface area contributed by atoms with Gasteiger partial charge in [0.2, 0.25) is 0 Å². The average Bonchev–Trinajstić information content (AvgIpc) is 2.62. The van der Waals surface area contributed by atoms with Crippen LogP contribution in [-0.4, -0.2) is 11.2 Å². The minimum Gasteiger partial charge on any atom is -0.393 e. The molecule has 0 aromatic heterocycles. The predicted octanol–water partition coefficient (Wildman–Crippen LogP) is 2.11. The van der Waals surface area contributed by atoms with Crippen LogP contribution in [0.1, 0.15) is 32.1 Å². The Balaban J connectivity index is 2.01. The fraction of sp³-hybridized carbons (Fsp3) is 0.818. The first-order chi connectivity index (χ1) is 5.83. The molecular formula is C11H16O. The number of hydrogen-bond acceptors (Lipinski definition) is 1. The molecule has 1 spiro atoms. The van der Waals surface area contributed by atoms with E-state index in [1.165, 1.54) is 25.7 Å². The molecule has 0 unspecified atom stereocenters. The van der Waals surface area contributed by atoms with E-state index >= 15 is 0 Å². The van der Waals surface area contributed by atoms with Crippen molar-refractivity contribution in [1.82, 2.24) is 0 Å². The summed E-state index contributed by atoms with van der Waals surface area (Å²) in [5.74, 6) is 1.50. The number of allylic oxidation sites excluding steroid dienone is 2. The monoisotopic (exact) mass is 164 g/mol. The van der Waals surface area contributed by atoms with E-state index in [1.807, 2.05) is 0 Å². The minimum atomic E-state index is 0.0118. The van der Waals surface area contributed by atoms with Gasteiger partial charge in [0.05, 0.1) is 6.10 Å². The third-order valence-corrected chi connectivity index (χ3v) is 4.46. The van der Waals surface area contributed by atoms with Crippen LogP contribution in [0.5, 0.6) is 0 Å². The van der Waals surface area contributed by atoms with Crippen LogP contribution in [0.25, 0.3) is 0 Å². The number of rotatable bonds is 0. The maximum atomic E-state index is 9.81. The van der Waals surface area contributed by atoms with Crippen LogP contribution >= 0.6 is 0 Å². The van der Waals surface area contributed by atoms with E-state index in [0.29, 0.717) is 11.3 Å². The smallest absolute Gasteiger partial charge is 0.0577 e. The second-order valence-corrected chi connectivity index (χ2v) is 4.74. The van der Waals surface area contributed by atoms with Crippen molar-refractivity contribution >= 4 is 0 Å². The van der Waals surface area contributed by atoms with Gasteiger partial charge in [-0.25, -0.2) is 0 Å². The topological polar surface area (TPSA) is 20.2 Å². The first-order valence-corrected chi connectivity index (χ1v) is 5.19. The summed E-state index contributed by atoms with van der Waals surface area (Å²) in [7, 11) is 0. The van der Waals surface area contributed by atoms with Gasteiger partial charge < -0.3 is 5.11 Å². The molecule has 3 aliphatic rings. The lowest BCUT2D eigenvalue weighted by atomic mass is 9.76. The van der Waals surface area contributed by atoms with E-state index in [0.717, 1.165) is 12.3 Å². The van der Waals surface area contributed by atoms with Gasteiger partial charge in [-0.3, -0.25) is 0 Å². The maximum absolute atomic E-state index is 9.81. The number of hydrogen-bond donors (Lipinski definition) is 1. The molecule has 0 amide bonds. The van der Waals surface area contributed by atoms with Crippen molar-refractivity contribution in [3.05, 3.63) is 12.2 Å². The molecule has 0 saturated heterocycles. The Morgan fingerprint density at radius 3 is 3.08 bits per heavy atom. The SMILES string of the molecule is O[C@@H]1CC[C@]23C=CC[C@@H]2CC[C@H]13. The Bertz CT molecular complexity index is 233. The Kier molecular flexibility index (Phi) is 1.27. The summed E-state index contributed by atoms with van der Waals surface area (Å²) in [6.07, 6.45) is 11.0. The van der Waals surface area contributed by atoms with Crippen molar-refractivity contribution < 1.29 is 5.11 Å². The largest absolute Gasteiger partial charge is 0.393 e. The van der Waals surface area contributed by atoms with E-state index in [9.17, 15) is 5.11 Å². The molecule has 1 heteroatoms. The highest BCUT2D eigenvalue weighted by Crippen LogP contribution is 2.61. The van der Waals surface area contributed by atoms with E-state index < -0.39 is 0 Å². The summed E-state index contributed by atoms with van der Waals surface area (Å²) >= 11 is 0. The van der Waals surface area contributed by atoms with Gasteiger partial charge in [-0.1, -0.05) is 12.2 Å². The molecule has 1 N–H and O–H groups in total. The summed E-state index contributed by atoms with van der Waals surface area (Å²) in [6.45, 7) is 0. The molecule has 2 fully saturated rings. The summed E-state index contributed by atoms with van der Waals surface area (Å²) in [4.78, 5) is 0. The zero-order valence-corrected chi connectivity index (χ0v) is 7.37. The molecule has 0 aliphatic heterocycles. The maximum Gasteiger partial charge on any atom is 0.0577 e. The summed E-state index contributed by atoms with van der Waals surface area (Å²) in [5, 5.41) is 9.81. The molecule has 2 saturated carbocycles. The highest BCUT2D eigenvalue weighted by Gasteiger charge is 2.55. The molecule has 0 radical (unpaired) electrons. The Morgan fingerprint density at radius 1 is 1.25 bits per heavy atom. The predicted molar refractivity (Wildman–Crippen MR) is 47.6 cm³/mol. The lowest BCUT2D eigenvalue weighted by Gasteiger charge is -2.28.